The van der Waals surface area contributed by atoms with Crippen LogP contribution in [0.25, 0.3) is 11.0 Å². The molecule has 1 amide bonds. The van der Waals surface area contributed by atoms with Crippen molar-refractivity contribution in [3.8, 4) is 0 Å². The quantitative estimate of drug-likeness (QED) is 0.0434. The van der Waals surface area contributed by atoms with Crippen LogP contribution in [0.15, 0.2) is 46.0 Å². The number of aromatic nitrogens is 2. The Balaban J connectivity index is 1.77. The number of halogens is 1. The first-order chi connectivity index (χ1) is 16.8. The normalized spacial score (nSPS) is 12.4. The number of nitro benzene ring substituents is 1. The maximum absolute atomic E-state index is 13.1. The van der Waals surface area contributed by atoms with Gasteiger partial charge in [0, 0.05) is 19.2 Å². The largest absolute Gasteiger partial charge is 0.488 e. The van der Waals surface area contributed by atoms with Crippen molar-refractivity contribution < 1.29 is 24.4 Å². The number of alkyl halides is 1. The van der Waals surface area contributed by atoms with Crippen molar-refractivity contribution in [2.24, 2.45) is 10.7 Å². The molecule has 0 bridgehead atoms. The Labute approximate surface area is 204 Å². The van der Waals surface area contributed by atoms with Crippen LogP contribution in [0.3, 0.4) is 0 Å². The highest BCUT2D eigenvalue weighted by Crippen LogP contribution is 2.29. The van der Waals surface area contributed by atoms with Gasteiger partial charge in [-0.1, -0.05) is 24.3 Å². The molecule has 184 valence electrons. The number of nitrogens with two attached hydrogens (primary N) is 1. The highest BCUT2D eigenvalue weighted by atomic mass is 35.5. The Morgan fingerprint density at radius 1 is 1.29 bits per heavy atom. The predicted molar refractivity (Wildman–Crippen MR) is 130 cm³/mol. The van der Waals surface area contributed by atoms with Crippen LogP contribution in [0.4, 0.5) is 11.4 Å². The zero-order chi connectivity index (χ0) is 25.4. The van der Waals surface area contributed by atoms with Gasteiger partial charge >= 0.3 is 12.8 Å². The molecule has 0 aliphatic carbocycles. The Kier molecular flexibility index (Phi) is 8.95. The summed E-state index contributed by atoms with van der Waals surface area (Å²) in [5.74, 6) is 0.0264. The molecule has 0 radical (unpaired) electrons. The molecule has 1 atom stereocenters. The van der Waals surface area contributed by atoms with Crippen molar-refractivity contribution in [2.75, 3.05) is 17.7 Å². The number of amides is 1. The van der Waals surface area contributed by atoms with Gasteiger partial charge in [-0.05, 0) is 40.2 Å². The molecular formula is C20H23BClN7O6. The fourth-order valence-corrected chi connectivity index (χ4v) is 3.39. The molecule has 3 rings (SSSR count). The molecule has 0 fully saturated rings. The number of rotatable bonds is 12. The van der Waals surface area contributed by atoms with Crippen molar-refractivity contribution in [3.05, 3.63) is 52.1 Å². The number of nitro groups is 1. The Hall–Kier alpha value is -3.75. The van der Waals surface area contributed by atoms with Gasteiger partial charge in [-0.3, -0.25) is 19.9 Å². The SMILES string of the molecule is NC(CCl)=NCCC[C@H](Nc1ccc([N+](=O)[O-])c2nonc12)C(=O)NCc1cccc(B(O)O)c1. The van der Waals surface area contributed by atoms with Gasteiger partial charge in [0.15, 0.2) is 5.52 Å². The molecule has 13 nitrogen and oxygen atoms in total. The fourth-order valence-electron chi connectivity index (χ4n) is 3.31. The van der Waals surface area contributed by atoms with Crippen LogP contribution in [0, 0.1) is 10.1 Å². The number of benzene rings is 2. The van der Waals surface area contributed by atoms with Crippen LogP contribution < -0.4 is 21.8 Å². The van der Waals surface area contributed by atoms with Gasteiger partial charge in [-0.25, -0.2) is 4.63 Å². The second kappa shape index (κ2) is 12.1. The minimum absolute atomic E-state index is 0.0435. The summed E-state index contributed by atoms with van der Waals surface area (Å²) in [7, 11) is -1.62. The molecule has 3 aromatic rings. The van der Waals surface area contributed by atoms with E-state index in [1.165, 1.54) is 12.1 Å². The third kappa shape index (κ3) is 6.88. The number of anilines is 1. The average molecular weight is 504 g/mol. The zero-order valence-corrected chi connectivity index (χ0v) is 19.2. The number of carbonyl (C=O) groups excluding carboxylic acids is 1. The summed E-state index contributed by atoms with van der Waals surface area (Å²) in [6, 6.07) is 8.42. The van der Waals surface area contributed by atoms with Crippen LogP contribution in [-0.2, 0) is 11.3 Å². The maximum atomic E-state index is 13.1. The molecule has 0 aliphatic heterocycles. The number of nitrogens with zero attached hydrogens (tertiary/aromatic N) is 4. The molecule has 2 aromatic carbocycles. The molecule has 1 heterocycles. The number of aliphatic imine (C=N–C) groups is 1. The van der Waals surface area contributed by atoms with Crippen LogP contribution >= 0.6 is 11.6 Å². The molecule has 1 aromatic heterocycles. The Bertz CT molecular complexity index is 1220. The second-order valence-corrected chi connectivity index (χ2v) is 7.80. The zero-order valence-electron chi connectivity index (χ0n) is 18.4. The average Bonchev–Trinajstić information content (AvgIpc) is 3.34. The molecule has 6 N–H and O–H groups in total. The number of fused-ring (bicyclic) bond motifs is 1. The van der Waals surface area contributed by atoms with Gasteiger partial charge in [-0.15, -0.1) is 11.6 Å². The molecular weight excluding hydrogens is 481 g/mol. The summed E-state index contributed by atoms with van der Waals surface area (Å²) in [4.78, 5) is 27.8. The van der Waals surface area contributed by atoms with Gasteiger partial charge in [0.1, 0.15) is 11.9 Å². The minimum Gasteiger partial charge on any atom is -0.423 e. The number of non-ortho nitro benzene ring substituents is 1. The van der Waals surface area contributed by atoms with Gasteiger partial charge in [0.25, 0.3) is 0 Å². The van der Waals surface area contributed by atoms with Crippen molar-refractivity contribution in [3.63, 3.8) is 0 Å². The summed E-state index contributed by atoms with van der Waals surface area (Å²) in [6.45, 7) is 0.484. The van der Waals surface area contributed by atoms with E-state index >= 15 is 0 Å². The maximum Gasteiger partial charge on any atom is 0.488 e. The second-order valence-electron chi connectivity index (χ2n) is 7.53. The molecule has 0 spiro atoms. The molecule has 0 aliphatic rings. The Morgan fingerprint density at radius 3 is 2.77 bits per heavy atom. The van der Waals surface area contributed by atoms with Crippen molar-refractivity contribution in [1.82, 2.24) is 15.6 Å². The first kappa shape index (κ1) is 25.9. The van der Waals surface area contributed by atoms with Gasteiger partial charge in [0.05, 0.1) is 16.5 Å². The van der Waals surface area contributed by atoms with E-state index in [9.17, 15) is 25.0 Å². The van der Waals surface area contributed by atoms with Gasteiger partial charge in [0.2, 0.25) is 11.4 Å². The van der Waals surface area contributed by atoms with Crippen LogP contribution in [0.5, 0.6) is 0 Å². The predicted octanol–water partition coefficient (Wildman–Crippen LogP) is 0.284. The lowest BCUT2D eigenvalue weighted by molar-refractivity contribution is -0.383. The summed E-state index contributed by atoms with van der Waals surface area (Å²) in [5, 5.41) is 43.1. The summed E-state index contributed by atoms with van der Waals surface area (Å²) in [6.07, 6.45) is 0.826. The standard InChI is InChI=1S/C20H23BClN7O6/c22-10-17(23)24-8-2-5-15(20(30)25-11-12-3-1-4-13(9-12)21(31)32)26-14-6-7-16(29(33)34)19-18(14)27-35-28-19/h1,3-4,6-7,9,15,26,31-32H,2,5,8,10-11H2,(H2,23,24)(H,25,30)/t15-/m0/s1. The van der Waals surface area contributed by atoms with Crippen molar-refractivity contribution >= 4 is 58.3 Å². The minimum atomic E-state index is -1.62. The number of nitrogens with one attached hydrogen (secondary N) is 2. The topological polar surface area (TPSA) is 202 Å². The summed E-state index contributed by atoms with van der Waals surface area (Å²) in [5.41, 5.74) is 6.71. The fraction of sp³-hybridized carbons (Fsp3) is 0.300. The lowest BCUT2D eigenvalue weighted by Gasteiger charge is -2.19. The monoisotopic (exact) mass is 503 g/mol. The molecule has 0 unspecified atom stereocenters. The smallest absolute Gasteiger partial charge is 0.423 e. The van der Waals surface area contributed by atoms with Gasteiger partial charge in [-0.2, -0.15) is 0 Å². The number of carbonyl (C=O) groups is 1. The van der Waals surface area contributed by atoms with E-state index in [1.54, 1.807) is 24.3 Å². The van der Waals surface area contributed by atoms with E-state index in [-0.39, 0.29) is 40.9 Å². The molecule has 35 heavy (non-hydrogen) atoms. The number of hydrogen-bond donors (Lipinski definition) is 5. The number of amidine groups is 1. The third-order valence-electron chi connectivity index (χ3n) is 5.06. The van der Waals surface area contributed by atoms with Crippen LogP contribution in [0.1, 0.15) is 18.4 Å². The summed E-state index contributed by atoms with van der Waals surface area (Å²) >= 11 is 5.63. The molecule has 0 saturated heterocycles. The first-order valence-electron chi connectivity index (χ1n) is 10.5. The molecule has 0 saturated carbocycles. The summed E-state index contributed by atoms with van der Waals surface area (Å²) < 4.78 is 4.68. The highest BCUT2D eigenvalue weighted by molar-refractivity contribution is 6.58. The first-order valence-corrected chi connectivity index (χ1v) is 11.1. The van der Waals surface area contributed by atoms with Crippen LogP contribution in [0.2, 0.25) is 0 Å². The lowest BCUT2D eigenvalue weighted by atomic mass is 9.79. The van der Waals surface area contributed by atoms with E-state index < -0.39 is 18.1 Å². The Morgan fingerprint density at radius 2 is 2.06 bits per heavy atom. The van der Waals surface area contributed by atoms with E-state index in [1.807, 2.05) is 0 Å². The molecule has 15 heteroatoms. The number of hydrogen-bond acceptors (Lipinski definition) is 10. The lowest BCUT2D eigenvalue weighted by Crippen LogP contribution is -2.40. The van der Waals surface area contributed by atoms with Gasteiger partial charge < -0.3 is 26.4 Å². The highest BCUT2D eigenvalue weighted by Gasteiger charge is 2.24. The van der Waals surface area contributed by atoms with E-state index in [0.29, 0.717) is 36.1 Å². The van der Waals surface area contributed by atoms with E-state index in [0.717, 1.165) is 0 Å². The van der Waals surface area contributed by atoms with Crippen LogP contribution in [-0.4, -0.2) is 62.6 Å². The van der Waals surface area contributed by atoms with Crippen molar-refractivity contribution in [1.29, 1.82) is 0 Å². The third-order valence-corrected chi connectivity index (χ3v) is 5.33. The van der Waals surface area contributed by atoms with E-state index in [4.69, 9.17) is 17.3 Å². The van der Waals surface area contributed by atoms with Crippen molar-refractivity contribution in [2.45, 2.75) is 25.4 Å². The van der Waals surface area contributed by atoms with E-state index in [2.05, 4.69) is 30.6 Å².